The number of ether oxygens (including phenoxy) is 1. The van der Waals surface area contributed by atoms with Gasteiger partial charge in [-0.15, -0.1) is 0 Å². The summed E-state index contributed by atoms with van der Waals surface area (Å²) in [6, 6.07) is 15.1. The van der Waals surface area contributed by atoms with Gasteiger partial charge in [-0.1, -0.05) is 36.4 Å². The Kier molecular flexibility index (Phi) is 8.47. The third-order valence-corrected chi connectivity index (χ3v) is 5.69. The number of halogens is 1. The van der Waals surface area contributed by atoms with Crippen molar-refractivity contribution in [2.24, 2.45) is 5.92 Å². The van der Waals surface area contributed by atoms with Crippen LogP contribution in [0.2, 0.25) is 0 Å². The summed E-state index contributed by atoms with van der Waals surface area (Å²) in [7, 11) is 2.16. The zero-order valence-electron chi connectivity index (χ0n) is 17.4. The van der Waals surface area contributed by atoms with Gasteiger partial charge < -0.3 is 19.6 Å². The maximum absolute atomic E-state index is 13.8. The number of hydrogen-bond acceptors (Lipinski definition) is 4. The lowest BCUT2D eigenvalue weighted by Crippen LogP contribution is -2.38. The van der Waals surface area contributed by atoms with E-state index in [1.165, 1.54) is 12.8 Å². The maximum Gasteiger partial charge on any atom is 0.126 e. The molecule has 2 aromatic carbocycles. The summed E-state index contributed by atoms with van der Waals surface area (Å²) >= 11 is 0. The monoisotopic (exact) mass is 400 g/mol. The lowest BCUT2D eigenvalue weighted by atomic mass is 9.95. The summed E-state index contributed by atoms with van der Waals surface area (Å²) in [4.78, 5) is 4.82. The number of nitrogens with zero attached hydrogens (tertiary/aromatic N) is 2. The molecule has 2 aromatic rings. The predicted octanol–water partition coefficient (Wildman–Crippen LogP) is 3.58. The lowest BCUT2D eigenvalue weighted by molar-refractivity contribution is 0.152. The first-order valence-electron chi connectivity index (χ1n) is 10.6. The molecule has 1 aliphatic heterocycles. The van der Waals surface area contributed by atoms with E-state index in [9.17, 15) is 4.39 Å². The van der Waals surface area contributed by atoms with E-state index < -0.39 is 0 Å². The fourth-order valence-electron chi connectivity index (χ4n) is 4.10. The van der Waals surface area contributed by atoms with Crippen molar-refractivity contribution in [3.63, 3.8) is 0 Å². The number of para-hydroxylation sites is 1. The van der Waals surface area contributed by atoms with Crippen LogP contribution in [0.3, 0.4) is 0 Å². The molecule has 0 unspecified atom stereocenters. The molecule has 1 heterocycles. The van der Waals surface area contributed by atoms with Crippen LogP contribution in [0.4, 0.5) is 4.39 Å². The number of rotatable bonds is 10. The highest BCUT2D eigenvalue weighted by molar-refractivity contribution is 5.33. The third-order valence-electron chi connectivity index (χ3n) is 5.69. The first-order valence-corrected chi connectivity index (χ1v) is 10.6. The number of piperidine rings is 1. The van der Waals surface area contributed by atoms with Crippen molar-refractivity contribution in [3.05, 3.63) is 65.5 Å². The molecule has 0 radical (unpaired) electrons. The van der Waals surface area contributed by atoms with Crippen molar-refractivity contribution in [1.29, 1.82) is 0 Å². The van der Waals surface area contributed by atoms with Crippen LogP contribution < -0.4 is 4.74 Å². The lowest BCUT2D eigenvalue weighted by Gasteiger charge is -2.34. The van der Waals surface area contributed by atoms with Crippen molar-refractivity contribution in [3.8, 4) is 5.75 Å². The third kappa shape index (κ3) is 6.81. The normalized spacial score (nSPS) is 15.7. The van der Waals surface area contributed by atoms with Crippen LogP contribution in [0.1, 0.15) is 24.0 Å². The SMILES string of the molecule is CN(Cc1ccccc1OCCO)CC1CCN(CCc2ccccc2F)CC1. The molecule has 1 N–H and O–H groups in total. The summed E-state index contributed by atoms with van der Waals surface area (Å²) in [5.74, 6) is 1.46. The fourth-order valence-corrected chi connectivity index (χ4v) is 4.10. The second-order valence-electron chi connectivity index (χ2n) is 8.00. The highest BCUT2D eigenvalue weighted by atomic mass is 19.1. The van der Waals surface area contributed by atoms with Crippen molar-refractivity contribution in [2.45, 2.75) is 25.8 Å². The molecule has 0 saturated carbocycles. The highest BCUT2D eigenvalue weighted by Crippen LogP contribution is 2.22. The molecule has 5 heteroatoms. The van der Waals surface area contributed by atoms with Gasteiger partial charge >= 0.3 is 0 Å². The summed E-state index contributed by atoms with van der Waals surface area (Å²) < 4.78 is 19.4. The van der Waals surface area contributed by atoms with Crippen LogP contribution in [-0.4, -0.2) is 61.3 Å². The molecule has 0 aromatic heterocycles. The van der Waals surface area contributed by atoms with Crippen LogP contribution >= 0.6 is 0 Å². The molecule has 0 bridgehead atoms. The zero-order chi connectivity index (χ0) is 20.5. The van der Waals surface area contributed by atoms with Gasteiger partial charge in [0.15, 0.2) is 0 Å². The van der Waals surface area contributed by atoms with Crippen molar-refractivity contribution >= 4 is 0 Å². The standard InChI is InChI=1S/C24H33FN2O2/c1-26(19-22-7-3-5-9-24(22)29-17-16-28)18-20-10-13-27(14-11-20)15-12-21-6-2-4-8-23(21)25/h2-9,20,28H,10-19H2,1H3. The van der Waals surface area contributed by atoms with Gasteiger partial charge in [-0.25, -0.2) is 4.39 Å². The van der Waals surface area contributed by atoms with Crippen molar-refractivity contribution in [2.75, 3.05) is 46.4 Å². The van der Waals surface area contributed by atoms with E-state index in [-0.39, 0.29) is 12.4 Å². The maximum atomic E-state index is 13.8. The van der Waals surface area contributed by atoms with E-state index >= 15 is 0 Å². The van der Waals surface area contributed by atoms with Crippen LogP contribution in [0.25, 0.3) is 0 Å². The van der Waals surface area contributed by atoms with Crippen LogP contribution in [0, 0.1) is 11.7 Å². The smallest absolute Gasteiger partial charge is 0.126 e. The van der Waals surface area contributed by atoms with Gasteiger partial charge in [0, 0.05) is 25.2 Å². The van der Waals surface area contributed by atoms with E-state index in [1.54, 1.807) is 12.1 Å². The quantitative estimate of drug-likeness (QED) is 0.661. The second-order valence-corrected chi connectivity index (χ2v) is 8.00. The number of aliphatic hydroxyl groups is 1. The Hall–Kier alpha value is -1.95. The fraction of sp³-hybridized carbons (Fsp3) is 0.500. The first kappa shape index (κ1) is 21.8. The average Bonchev–Trinajstić information content (AvgIpc) is 2.73. The summed E-state index contributed by atoms with van der Waals surface area (Å²) in [5.41, 5.74) is 1.97. The first-order chi connectivity index (χ1) is 14.2. The Balaban J connectivity index is 1.41. The molecule has 1 aliphatic rings. The van der Waals surface area contributed by atoms with Crippen molar-refractivity contribution in [1.82, 2.24) is 9.80 Å². The second kappa shape index (κ2) is 11.3. The van der Waals surface area contributed by atoms with E-state index in [0.717, 1.165) is 56.0 Å². The average molecular weight is 401 g/mol. The van der Waals surface area contributed by atoms with Crippen LogP contribution in [0.15, 0.2) is 48.5 Å². The van der Waals surface area contributed by atoms with E-state index in [4.69, 9.17) is 9.84 Å². The minimum Gasteiger partial charge on any atom is -0.491 e. The topological polar surface area (TPSA) is 35.9 Å². The van der Waals surface area contributed by atoms with E-state index in [0.29, 0.717) is 12.5 Å². The van der Waals surface area contributed by atoms with Gasteiger partial charge in [-0.3, -0.25) is 0 Å². The Morgan fingerprint density at radius 1 is 1.07 bits per heavy atom. The molecule has 0 spiro atoms. The molecule has 0 aliphatic carbocycles. The Labute approximate surface area is 173 Å². The summed E-state index contributed by atoms with van der Waals surface area (Å²) in [6.07, 6.45) is 3.15. The number of benzene rings is 2. The predicted molar refractivity (Wildman–Crippen MR) is 115 cm³/mol. The van der Waals surface area contributed by atoms with E-state index in [2.05, 4.69) is 22.9 Å². The van der Waals surface area contributed by atoms with Gasteiger partial charge in [-0.2, -0.15) is 0 Å². The summed E-state index contributed by atoms with van der Waals surface area (Å²) in [5, 5.41) is 9.00. The van der Waals surface area contributed by atoms with Gasteiger partial charge in [-0.05, 0) is 63.0 Å². The molecular weight excluding hydrogens is 367 g/mol. The number of aliphatic hydroxyl groups excluding tert-OH is 1. The van der Waals surface area contributed by atoms with Gasteiger partial charge in [0.1, 0.15) is 18.2 Å². The van der Waals surface area contributed by atoms with Gasteiger partial charge in [0.25, 0.3) is 0 Å². The summed E-state index contributed by atoms with van der Waals surface area (Å²) in [6.45, 7) is 5.36. The Morgan fingerprint density at radius 2 is 1.76 bits per heavy atom. The molecule has 3 rings (SSSR count). The molecule has 29 heavy (non-hydrogen) atoms. The van der Waals surface area contributed by atoms with E-state index in [1.807, 2.05) is 30.3 Å². The molecule has 1 saturated heterocycles. The zero-order valence-corrected chi connectivity index (χ0v) is 17.4. The highest BCUT2D eigenvalue weighted by Gasteiger charge is 2.21. The minimum absolute atomic E-state index is 0.0274. The largest absolute Gasteiger partial charge is 0.491 e. The molecule has 4 nitrogen and oxygen atoms in total. The molecule has 1 fully saturated rings. The molecular formula is C24H33FN2O2. The number of likely N-dealkylation sites (tertiary alicyclic amines) is 1. The van der Waals surface area contributed by atoms with Crippen molar-refractivity contribution < 1.29 is 14.2 Å². The van der Waals surface area contributed by atoms with Gasteiger partial charge in [0.05, 0.1) is 6.61 Å². The van der Waals surface area contributed by atoms with Gasteiger partial charge in [0.2, 0.25) is 0 Å². The van der Waals surface area contributed by atoms with Crippen LogP contribution in [-0.2, 0) is 13.0 Å². The Morgan fingerprint density at radius 3 is 2.48 bits per heavy atom. The number of hydrogen-bond donors (Lipinski definition) is 1. The molecule has 158 valence electrons. The molecule has 0 amide bonds. The minimum atomic E-state index is -0.0905. The molecule has 0 atom stereocenters. The Bertz CT molecular complexity index is 747. The van der Waals surface area contributed by atoms with Crippen LogP contribution in [0.5, 0.6) is 5.75 Å².